The molecule has 0 spiro atoms. The molecule has 1 fully saturated rings. The molecule has 1 aliphatic heterocycles. The number of nitrogens with zero attached hydrogens (tertiary/aromatic N) is 5. The van der Waals surface area contributed by atoms with Crippen molar-refractivity contribution >= 4 is 34.5 Å². The van der Waals surface area contributed by atoms with E-state index in [-0.39, 0.29) is 41.3 Å². The molecule has 0 aliphatic carbocycles. The predicted molar refractivity (Wildman–Crippen MR) is 155 cm³/mol. The van der Waals surface area contributed by atoms with Crippen molar-refractivity contribution in [1.82, 2.24) is 19.0 Å². The Bertz CT molecular complexity index is 1840. The van der Waals surface area contributed by atoms with E-state index in [4.69, 9.17) is 16.3 Å². The van der Waals surface area contributed by atoms with Crippen LogP contribution in [0.4, 0.5) is 15.0 Å². The lowest BCUT2D eigenvalue weighted by Crippen LogP contribution is -2.48. The van der Waals surface area contributed by atoms with Gasteiger partial charge >= 0.3 is 11.8 Å². The minimum atomic E-state index is -1.17. The summed E-state index contributed by atoms with van der Waals surface area (Å²) in [6.45, 7) is 0.576. The number of halogens is 2. The third-order valence-corrected chi connectivity index (χ3v) is 7.88. The van der Waals surface area contributed by atoms with Gasteiger partial charge in [-0.3, -0.25) is 13.9 Å². The van der Waals surface area contributed by atoms with Crippen LogP contribution >= 0.6 is 11.6 Å². The summed E-state index contributed by atoms with van der Waals surface area (Å²) in [6.07, 6.45) is 0.0326. The van der Waals surface area contributed by atoms with E-state index in [1.54, 1.807) is 28.8 Å². The first kappa shape index (κ1) is 28.8. The summed E-state index contributed by atoms with van der Waals surface area (Å²) in [6, 6.07) is 12.6. The third-order valence-electron chi connectivity index (χ3n) is 7.51. The van der Waals surface area contributed by atoms with Crippen molar-refractivity contribution in [2.45, 2.75) is 32.0 Å². The van der Waals surface area contributed by atoms with Crippen LogP contribution in [0.3, 0.4) is 0 Å². The number of amides is 1. The van der Waals surface area contributed by atoms with Crippen molar-refractivity contribution in [3.8, 4) is 11.8 Å². The number of aromatic nitrogens is 3. The van der Waals surface area contributed by atoms with Gasteiger partial charge in [0, 0.05) is 31.2 Å². The van der Waals surface area contributed by atoms with Gasteiger partial charge in [-0.1, -0.05) is 23.7 Å². The molecule has 13 heteroatoms. The Hall–Kier alpha value is -4.76. The van der Waals surface area contributed by atoms with Crippen LogP contribution < -0.4 is 26.2 Å². The molecular formula is C29H28ClFN6O5. The second-order valence-electron chi connectivity index (χ2n) is 10.1. The standard InChI is InChI=1S/C29H28ClFN6O5/c1-34-24-22(13-32)26(35-11-3-4-20(16-35)33-28(39)40)36(15-18-12-19(31)7-10-23(18)30)25(24)27(38)37(29(34)41)14-17-5-8-21(42-2)9-6-17/h5-10,12,20,33H,3-4,11,14-16H2,1-2H3,(H,39,40)/t20-/m1/s1. The lowest BCUT2D eigenvalue weighted by molar-refractivity contribution is 0.188. The highest BCUT2D eigenvalue weighted by atomic mass is 35.5. The number of nitrogens with one attached hydrogen (secondary N) is 1. The zero-order valence-electron chi connectivity index (χ0n) is 22.9. The number of piperidine rings is 1. The van der Waals surface area contributed by atoms with E-state index in [1.807, 2.05) is 4.90 Å². The van der Waals surface area contributed by atoms with E-state index in [2.05, 4.69) is 11.4 Å². The number of anilines is 1. The molecule has 1 saturated heterocycles. The summed E-state index contributed by atoms with van der Waals surface area (Å²) in [5, 5.41) is 22.4. The second kappa shape index (κ2) is 11.6. The predicted octanol–water partition coefficient (Wildman–Crippen LogP) is 3.51. The Balaban J connectivity index is 1.76. The minimum Gasteiger partial charge on any atom is -0.497 e. The Morgan fingerprint density at radius 3 is 2.57 bits per heavy atom. The average molecular weight is 595 g/mol. The SMILES string of the molecule is COc1ccc(Cn2c(=O)c3c(c(C#N)c(N4CCC[C@@H](NC(=O)O)C4)n3Cc3cc(F)ccc3Cl)n(C)c2=O)cc1. The Labute approximate surface area is 244 Å². The molecule has 218 valence electrons. The Morgan fingerprint density at radius 2 is 1.90 bits per heavy atom. The molecule has 4 aromatic rings. The van der Waals surface area contributed by atoms with Crippen molar-refractivity contribution in [3.05, 3.63) is 90.8 Å². The number of hydrogen-bond acceptors (Lipinski definition) is 6. The summed E-state index contributed by atoms with van der Waals surface area (Å²) < 4.78 is 23.4. The zero-order valence-corrected chi connectivity index (χ0v) is 23.7. The fourth-order valence-corrected chi connectivity index (χ4v) is 5.74. The van der Waals surface area contributed by atoms with E-state index in [9.17, 15) is 29.1 Å². The molecule has 11 nitrogen and oxygen atoms in total. The van der Waals surface area contributed by atoms with Gasteiger partial charge in [-0.25, -0.2) is 14.0 Å². The molecular weight excluding hydrogens is 567 g/mol. The van der Waals surface area contributed by atoms with Crippen molar-refractivity contribution in [3.63, 3.8) is 0 Å². The van der Waals surface area contributed by atoms with Gasteiger partial charge in [-0.05, 0) is 54.3 Å². The van der Waals surface area contributed by atoms with E-state index in [0.29, 0.717) is 42.1 Å². The molecule has 2 aromatic heterocycles. The molecule has 5 rings (SSSR count). The summed E-state index contributed by atoms with van der Waals surface area (Å²) in [4.78, 5) is 40.9. The third kappa shape index (κ3) is 5.31. The highest BCUT2D eigenvalue weighted by molar-refractivity contribution is 6.31. The van der Waals surface area contributed by atoms with Gasteiger partial charge in [0.2, 0.25) is 0 Å². The molecule has 3 heterocycles. The summed E-state index contributed by atoms with van der Waals surface area (Å²) in [5.41, 5.74) is 0.0983. The average Bonchev–Trinajstić information content (AvgIpc) is 3.30. The molecule has 42 heavy (non-hydrogen) atoms. The molecule has 1 atom stereocenters. The van der Waals surface area contributed by atoms with Crippen LogP contribution in [-0.2, 0) is 20.1 Å². The number of rotatable bonds is 7. The van der Waals surface area contributed by atoms with Gasteiger partial charge in [-0.15, -0.1) is 0 Å². The maximum Gasteiger partial charge on any atom is 0.404 e. The summed E-state index contributed by atoms with van der Waals surface area (Å²) in [5.74, 6) is 0.427. The van der Waals surface area contributed by atoms with E-state index >= 15 is 0 Å². The Kier molecular flexibility index (Phi) is 7.95. The van der Waals surface area contributed by atoms with Gasteiger partial charge in [0.15, 0.2) is 0 Å². The maximum atomic E-state index is 14.3. The fraction of sp³-hybridized carbons (Fsp3) is 0.310. The topological polar surface area (TPSA) is 135 Å². The van der Waals surface area contributed by atoms with Crippen LogP contribution in [0, 0.1) is 17.1 Å². The molecule has 0 saturated carbocycles. The molecule has 0 radical (unpaired) electrons. The van der Waals surface area contributed by atoms with Crippen LogP contribution in [0.15, 0.2) is 52.1 Å². The van der Waals surface area contributed by atoms with E-state index in [1.165, 1.54) is 36.9 Å². The van der Waals surface area contributed by atoms with E-state index in [0.717, 1.165) is 4.57 Å². The Morgan fingerprint density at radius 1 is 1.17 bits per heavy atom. The number of methoxy groups -OCH3 is 1. The number of nitriles is 1. The monoisotopic (exact) mass is 594 g/mol. The number of benzene rings is 2. The minimum absolute atomic E-state index is 0.0388. The zero-order chi connectivity index (χ0) is 30.1. The highest BCUT2D eigenvalue weighted by Gasteiger charge is 2.31. The highest BCUT2D eigenvalue weighted by Crippen LogP contribution is 2.34. The quantitative estimate of drug-likeness (QED) is 0.334. The largest absolute Gasteiger partial charge is 0.497 e. The molecule has 2 N–H and O–H groups in total. The maximum absolute atomic E-state index is 14.3. The van der Waals surface area contributed by atoms with Crippen molar-refractivity contribution in [2.24, 2.45) is 7.05 Å². The van der Waals surface area contributed by atoms with Crippen molar-refractivity contribution in [2.75, 3.05) is 25.1 Å². The van der Waals surface area contributed by atoms with Crippen LogP contribution in [-0.4, -0.2) is 51.1 Å². The van der Waals surface area contributed by atoms with Gasteiger partial charge in [-0.2, -0.15) is 5.26 Å². The van der Waals surface area contributed by atoms with Crippen molar-refractivity contribution in [1.29, 1.82) is 5.26 Å². The first-order valence-electron chi connectivity index (χ1n) is 13.2. The van der Waals surface area contributed by atoms with Gasteiger partial charge < -0.3 is 24.6 Å². The van der Waals surface area contributed by atoms with Crippen molar-refractivity contribution < 1.29 is 19.0 Å². The van der Waals surface area contributed by atoms with Gasteiger partial charge in [0.05, 0.1) is 25.7 Å². The summed E-state index contributed by atoms with van der Waals surface area (Å²) >= 11 is 6.43. The number of fused-ring (bicyclic) bond motifs is 1. The number of carboxylic acid groups (broad SMARTS) is 1. The van der Waals surface area contributed by atoms with E-state index < -0.39 is 29.2 Å². The van der Waals surface area contributed by atoms with Crippen LogP contribution in [0.5, 0.6) is 5.75 Å². The van der Waals surface area contributed by atoms with Gasteiger partial charge in [0.25, 0.3) is 5.56 Å². The molecule has 1 amide bonds. The summed E-state index contributed by atoms with van der Waals surface area (Å²) in [7, 11) is 3.03. The van der Waals surface area contributed by atoms with Crippen LogP contribution in [0.2, 0.25) is 5.02 Å². The van der Waals surface area contributed by atoms with Crippen LogP contribution in [0.25, 0.3) is 11.0 Å². The number of ether oxygens (including phenoxy) is 1. The lowest BCUT2D eigenvalue weighted by Gasteiger charge is -2.35. The first-order valence-corrected chi connectivity index (χ1v) is 13.6. The molecule has 0 bridgehead atoms. The lowest BCUT2D eigenvalue weighted by atomic mass is 10.1. The smallest absolute Gasteiger partial charge is 0.404 e. The van der Waals surface area contributed by atoms with Crippen LogP contribution in [0.1, 0.15) is 29.5 Å². The number of hydrogen-bond donors (Lipinski definition) is 2. The first-order chi connectivity index (χ1) is 20.1. The number of aryl methyl sites for hydroxylation is 1. The molecule has 0 unspecified atom stereocenters. The second-order valence-corrected chi connectivity index (χ2v) is 10.6. The van der Waals surface area contributed by atoms with Gasteiger partial charge in [0.1, 0.15) is 34.5 Å². The molecule has 1 aliphatic rings. The number of carbonyl (C=O) groups is 1. The molecule has 2 aromatic carbocycles. The fourth-order valence-electron chi connectivity index (χ4n) is 5.56. The normalized spacial score (nSPS) is 15.0.